The molecule has 31 heavy (non-hydrogen) atoms. The lowest BCUT2D eigenvalue weighted by molar-refractivity contribution is 0.415. The van der Waals surface area contributed by atoms with E-state index < -0.39 is 11.6 Å². The van der Waals surface area contributed by atoms with Crippen LogP contribution < -0.4 is 5.73 Å². The average molecular weight is 414 g/mol. The minimum atomic E-state index is -0.681. The number of phenolic OH excluding ortho intramolecular Hbond substituents is 1. The first-order chi connectivity index (χ1) is 15.1. The van der Waals surface area contributed by atoms with E-state index in [1.165, 1.54) is 29.6 Å². The van der Waals surface area contributed by atoms with Crippen LogP contribution in [0.4, 0.5) is 10.2 Å². The number of anilines is 1. The lowest BCUT2D eigenvalue weighted by Crippen LogP contribution is -2.20. The van der Waals surface area contributed by atoms with Gasteiger partial charge in [-0.25, -0.2) is 19.0 Å². The maximum absolute atomic E-state index is 13.8. The lowest BCUT2D eigenvalue weighted by atomic mass is 9.88. The van der Waals surface area contributed by atoms with Crippen molar-refractivity contribution >= 4 is 27.8 Å². The summed E-state index contributed by atoms with van der Waals surface area (Å²) in [6, 6.07) is 13.1. The van der Waals surface area contributed by atoms with Gasteiger partial charge in [-0.15, -0.1) is 0 Å². The number of rotatable bonds is 2. The van der Waals surface area contributed by atoms with Crippen LogP contribution in [0, 0.1) is 5.82 Å². The molecule has 8 heteroatoms. The average Bonchev–Trinajstić information content (AvgIpc) is 3.36. The third kappa shape index (κ3) is 2.75. The number of halogens is 1. The van der Waals surface area contributed by atoms with Gasteiger partial charge in [0.1, 0.15) is 17.8 Å². The number of fused-ring (bicyclic) bond motifs is 3. The van der Waals surface area contributed by atoms with E-state index in [9.17, 15) is 9.50 Å². The number of nitrogens with one attached hydrogen (secondary N) is 1. The molecule has 3 heterocycles. The predicted molar refractivity (Wildman–Crippen MR) is 116 cm³/mol. The van der Waals surface area contributed by atoms with Crippen molar-refractivity contribution in [1.29, 1.82) is 0 Å². The van der Waals surface area contributed by atoms with Gasteiger partial charge >= 0.3 is 0 Å². The van der Waals surface area contributed by atoms with Gasteiger partial charge in [-0.3, -0.25) is 0 Å². The molecule has 0 saturated carbocycles. The highest BCUT2D eigenvalue weighted by Crippen LogP contribution is 2.37. The molecular weight excluding hydrogens is 395 g/mol. The Morgan fingerprint density at radius 1 is 1.13 bits per heavy atom. The van der Waals surface area contributed by atoms with Gasteiger partial charge < -0.3 is 15.8 Å². The maximum atomic E-state index is 13.8. The molecule has 0 fully saturated rings. The molecule has 0 radical (unpaired) electrons. The first kappa shape index (κ1) is 17.9. The van der Waals surface area contributed by atoms with E-state index in [2.05, 4.69) is 39.2 Å². The van der Waals surface area contributed by atoms with Crippen LogP contribution in [0.1, 0.15) is 23.6 Å². The van der Waals surface area contributed by atoms with Crippen molar-refractivity contribution in [3.05, 3.63) is 65.7 Å². The Morgan fingerprint density at radius 2 is 1.97 bits per heavy atom. The largest absolute Gasteiger partial charge is 0.505 e. The number of benzene rings is 2. The Bertz CT molecular complexity index is 1430. The van der Waals surface area contributed by atoms with Gasteiger partial charge in [0, 0.05) is 17.0 Å². The van der Waals surface area contributed by atoms with E-state index in [0.29, 0.717) is 39.1 Å². The number of H-pyrrole nitrogens is 1. The van der Waals surface area contributed by atoms with Crippen molar-refractivity contribution < 1.29 is 9.50 Å². The second-order valence-electron chi connectivity index (χ2n) is 7.99. The summed E-state index contributed by atoms with van der Waals surface area (Å²) in [5.41, 5.74) is 11.5. The highest BCUT2D eigenvalue weighted by molar-refractivity contribution is 6.00. The second-order valence-corrected chi connectivity index (χ2v) is 7.99. The molecule has 1 aliphatic carbocycles. The smallest absolute Gasteiger partial charge is 0.166 e. The van der Waals surface area contributed by atoms with E-state index in [-0.39, 0.29) is 6.04 Å². The Morgan fingerprint density at radius 3 is 2.84 bits per heavy atom. The molecule has 0 aliphatic heterocycles. The van der Waals surface area contributed by atoms with Crippen LogP contribution in [0.25, 0.3) is 33.3 Å². The monoisotopic (exact) mass is 414 g/mol. The fraction of sp³-hybridized carbons (Fsp3) is 0.174. The van der Waals surface area contributed by atoms with Crippen LogP contribution in [0.3, 0.4) is 0 Å². The Balaban J connectivity index is 1.52. The number of nitrogens with zero attached hydrogens (tertiary/aromatic N) is 4. The molecule has 3 aromatic heterocycles. The van der Waals surface area contributed by atoms with Crippen LogP contribution in [0.2, 0.25) is 0 Å². The van der Waals surface area contributed by atoms with Crippen molar-refractivity contribution in [1.82, 2.24) is 24.7 Å². The fourth-order valence-electron chi connectivity index (χ4n) is 4.60. The Hall–Kier alpha value is -3.94. The third-order valence-electron chi connectivity index (χ3n) is 6.13. The fourth-order valence-corrected chi connectivity index (χ4v) is 4.60. The molecule has 0 bridgehead atoms. The van der Waals surface area contributed by atoms with Crippen LogP contribution in [0.5, 0.6) is 5.75 Å². The van der Waals surface area contributed by atoms with E-state index in [4.69, 9.17) is 10.8 Å². The molecule has 0 amide bonds. The zero-order valence-corrected chi connectivity index (χ0v) is 16.5. The highest BCUT2D eigenvalue weighted by atomic mass is 19.1. The van der Waals surface area contributed by atoms with Crippen molar-refractivity contribution in [3.8, 4) is 17.1 Å². The summed E-state index contributed by atoms with van der Waals surface area (Å²) in [6.07, 6.45) is 4.24. The van der Waals surface area contributed by atoms with E-state index in [0.717, 1.165) is 19.3 Å². The number of nitrogens with two attached hydrogens (primary N) is 1. The van der Waals surface area contributed by atoms with Gasteiger partial charge in [0.05, 0.1) is 17.1 Å². The maximum Gasteiger partial charge on any atom is 0.166 e. The molecule has 7 nitrogen and oxygen atoms in total. The van der Waals surface area contributed by atoms with Gasteiger partial charge in [-0.1, -0.05) is 24.3 Å². The number of hydrogen-bond donors (Lipinski definition) is 3. The first-order valence-electron chi connectivity index (χ1n) is 10.2. The minimum absolute atomic E-state index is 0.145. The molecule has 1 aliphatic rings. The molecule has 2 aromatic carbocycles. The minimum Gasteiger partial charge on any atom is -0.505 e. The van der Waals surface area contributed by atoms with Crippen molar-refractivity contribution in [2.45, 2.75) is 25.3 Å². The summed E-state index contributed by atoms with van der Waals surface area (Å²) in [4.78, 5) is 11.9. The summed E-state index contributed by atoms with van der Waals surface area (Å²) in [6.45, 7) is 0. The quantitative estimate of drug-likeness (QED) is 0.403. The highest BCUT2D eigenvalue weighted by Gasteiger charge is 2.26. The molecule has 1 atom stereocenters. The second kappa shape index (κ2) is 6.53. The van der Waals surface area contributed by atoms with Gasteiger partial charge in [-0.05, 0) is 42.5 Å². The van der Waals surface area contributed by atoms with Gasteiger partial charge in [0.25, 0.3) is 0 Å². The SMILES string of the molecule is Nc1ncnc2c1c(-c1cc3cc(O)c(F)cc3[nH]1)nn2C1CCc2ccccc2C1. The van der Waals surface area contributed by atoms with Gasteiger partial charge in [0.15, 0.2) is 17.2 Å². The van der Waals surface area contributed by atoms with Crippen LogP contribution in [-0.4, -0.2) is 29.8 Å². The summed E-state index contributed by atoms with van der Waals surface area (Å²) >= 11 is 0. The summed E-state index contributed by atoms with van der Waals surface area (Å²) in [7, 11) is 0. The van der Waals surface area contributed by atoms with Crippen LogP contribution >= 0.6 is 0 Å². The zero-order chi connectivity index (χ0) is 21.1. The van der Waals surface area contributed by atoms with Gasteiger partial charge in [-0.2, -0.15) is 5.10 Å². The number of aromatic amines is 1. The number of nitrogen functional groups attached to an aromatic ring is 1. The standard InChI is InChI=1S/C23H19FN6O/c24-16-10-17-14(9-19(16)31)8-18(28-17)21-20-22(25)26-11-27-23(20)30(29-21)15-6-5-12-3-1-2-4-13(12)7-15/h1-4,8-11,15,28,31H,5-7H2,(H2,25,26,27). The topological polar surface area (TPSA) is 106 Å². The summed E-state index contributed by atoms with van der Waals surface area (Å²) < 4.78 is 15.8. The molecular formula is C23H19FN6O. The number of aryl methyl sites for hydroxylation is 1. The molecule has 154 valence electrons. The molecule has 4 N–H and O–H groups in total. The first-order valence-corrected chi connectivity index (χ1v) is 10.2. The molecule has 0 spiro atoms. The van der Waals surface area contributed by atoms with Crippen molar-refractivity contribution in [2.75, 3.05) is 5.73 Å². The zero-order valence-electron chi connectivity index (χ0n) is 16.5. The third-order valence-corrected chi connectivity index (χ3v) is 6.13. The molecule has 1 unspecified atom stereocenters. The lowest BCUT2D eigenvalue weighted by Gasteiger charge is -2.25. The van der Waals surface area contributed by atoms with E-state index >= 15 is 0 Å². The molecule has 0 saturated heterocycles. The normalized spacial score (nSPS) is 16.1. The Kier molecular flexibility index (Phi) is 3.77. The summed E-state index contributed by atoms with van der Waals surface area (Å²) in [5, 5.41) is 16.0. The number of hydrogen-bond acceptors (Lipinski definition) is 5. The van der Waals surface area contributed by atoms with Crippen LogP contribution in [-0.2, 0) is 12.8 Å². The van der Waals surface area contributed by atoms with E-state index in [1.807, 2.05) is 10.7 Å². The van der Waals surface area contributed by atoms with Crippen molar-refractivity contribution in [3.63, 3.8) is 0 Å². The van der Waals surface area contributed by atoms with Crippen molar-refractivity contribution in [2.24, 2.45) is 0 Å². The van der Waals surface area contributed by atoms with E-state index in [1.54, 1.807) is 0 Å². The van der Waals surface area contributed by atoms with Crippen LogP contribution in [0.15, 0.2) is 48.8 Å². The molecule has 6 rings (SSSR count). The Labute approximate surface area is 176 Å². The van der Waals surface area contributed by atoms with Gasteiger partial charge in [0.2, 0.25) is 0 Å². The molecule has 5 aromatic rings. The number of aromatic hydroxyl groups is 1. The summed E-state index contributed by atoms with van der Waals surface area (Å²) in [5.74, 6) is -0.729. The number of aromatic nitrogens is 5. The number of phenols is 1. The predicted octanol–water partition coefficient (Wildman–Crippen LogP) is 4.13.